The molecule has 0 saturated carbocycles. The van der Waals surface area contributed by atoms with Crippen molar-refractivity contribution >= 4 is 16.8 Å². The monoisotopic (exact) mass is 136 g/mol. The van der Waals surface area contributed by atoms with E-state index in [1.165, 1.54) is 0 Å². The summed E-state index contributed by atoms with van der Waals surface area (Å²) in [5.41, 5.74) is 0. The van der Waals surface area contributed by atoms with E-state index in [0.29, 0.717) is 13.2 Å². The van der Waals surface area contributed by atoms with Gasteiger partial charge < -0.3 is 0 Å². The van der Waals surface area contributed by atoms with Crippen LogP contribution in [0.25, 0.3) is 0 Å². The van der Waals surface area contributed by atoms with E-state index < -0.39 is 0 Å². The lowest BCUT2D eigenvalue weighted by molar-refractivity contribution is -0.248. The van der Waals surface area contributed by atoms with E-state index in [2.05, 4.69) is 9.78 Å². The lowest BCUT2D eigenvalue weighted by Gasteiger charge is -1.91. The minimum atomic E-state index is -0.387. The third-order valence-electron chi connectivity index (χ3n) is 0.943. The van der Waals surface area contributed by atoms with Crippen molar-refractivity contribution in [3.05, 3.63) is 0 Å². The second kappa shape index (κ2) is 2.44. The topological polar surface area (TPSA) is 35.5 Å². The van der Waals surface area contributed by atoms with Crippen LogP contribution in [0.1, 0.15) is 0 Å². The van der Waals surface area contributed by atoms with Gasteiger partial charge in [-0.05, 0) is 11.6 Å². The highest BCUT2D eigenvalue weighted by molar-refractivity contribution is 6.64. The molecule has 1 aliphatic rings. The first-order valence-electron chi connectivity index (χ1n) is 2.24. The number of hydrogen-bond acceptors (Lipinski definition) is 3. The van der Waals surface area contributed by atoms with Crippen LogP contribution in [0.15, 0.2) is 0 Å². The lowest BCUT2D eigenvalue weighted by Crippen LogP contribution is -2.10. The van der Waals surface area contributed by atoms with Gasteiger partial charge in [0.1, 0.15) is 0 Å². The van der Waals surface area contributed by atoms with E-state index in [9.17, 15) is 4.79 Å². The highest BCUT2D eigenvalue weighted by atomic mass is 35.5. The fourth-order valence-corrected chi connectivity index (χ4v) is 0.566. The molecule has 1 heterocycles. The Bertz CT molecular complexity index is 97.5. The van der Waals surface area contributed by atoms with Crippen LogP contribution in [0, 0.1) is 5.92 Å². The van der Waals surface area contributed by atoms with Gasteiger partial charge in [0.15, 0.2) is 0 Å². The zero-order valence-corrected chi connectivity index (χ0v) is 4.85. The van der Waals surface area contributed by atoms with Crippen LogP contribution in [0.2, 0.25) is 0 Å². The maximum Gasteiger partial charge on any atom is 0.229 e. The first kappa shape index (κ1) is 6.01. The van der Waals surface area contributed by atoms with Gasteiger partial charge in [-0.25, -0.2) is 9.78 Å². The molecule has 1 aliphatic heterocycles. The molecule has 4 heteroatoms. The highest BCUT2D eigenvalue weighted by Crippen LogP contribution is 2.10. The molecule has 0 aromatic rings. The molecule has 1 rings (SSSR count). The van der Waals surface area contributed by atoms with Crippen molar-refractivity contribution in [2.45, 2.75) is 0 Å². The van der Waals surface area contributed by atoms with Crippen molar-refractivity contribution in [3.8, 4) is 0 Å². The van der Waals surface area contributed by atoms with Gasteiger partial charge in [-0.3, -0.25) is 4.79 Å². The number of carbonyl (C=O) groups excluding carboxylic acids is 1. The van der Waals surface area contributed by atoms with Crippen LogP contribution in [-0.4, -0.2) is 18.5 Å². The van der Waals surface area contributed by atoms with Crippen molar-refractivity contribution in [2.24, 2.45) is 5.92 Å². The summed E-state index contributed by atoms with van der Waals surface area (Å²) in [5, 5.41) is -0.387. The van der Waals surface area contributed by atoms with Crippen LogP contribution < -0.4 is 0 Å². The van der Waals surface area contributed by atoms with E-state index in [-0.39, 0.29) is 11.2 Å². The molecular weight excluding hydrogens is 131 g/mol. The van der Waals surface area contributed by atoms with E-state index in [0.717, 1.165) is 0 Å². The second-order valence-corrected chi connectivity index (χ2v) is 1.94. The number of carbonyl (C=O) groups is 1. The molecule has 0 N–H and O–H groups in total. The Hall–Kier alpha value is -0.120. The van der Waals surface area contributed by atoms with Gasteiger partial charge >= 0.3 is 0 Å². The SMILES string of the molecule is O=C(Cl)C1COOC1. The minimum absolute atomic E-state index is 0.253. The molecule has 0 aromatic heterocycles. The van der Waals surface area contributed by atoms with Crippen LogP contribution in [0.4, 0.5) is 0 Å². The Labute approximate surface area is 51.4 Å². The minimum Gasteiger partial charge on any atom is -0.281 e. The molecule has 0 unspecified atom stereocenters. The van der Waals surface area contributed by atoms with E-state index in [4.69, 9.17) is 11.6 Å². The molecular formula is C4H5ClO3. The zero-order chi connectivity index (χ0) is 5.98. The van der Waals surface area contributed by atoms with Gasteiger partial charge in [0.25, 0.3) is 0 Å². The molecule has 0 spiro atoms. The highest BCUT2D eigenvalue weighted by Gasteiger charge is 2.22. The molecule has 0 atom stereocenters. The lowest BCUT2D eigenvalue weighted by atomic mass is 10.2. The van der Waals surface area contributed by atoms with Crippen LogP contribution >= 0.6 is 11.6 Å². The van der Waals surface area contributed by atoms with Gasteiger partial charge in [-0.15, -0.1) is 0 Å². The van der Waals surface area contributed by atoms with E-state index in [1.54, 1.807) is 0 Å². The molecule has 46 valence electrons. The molecule has 8 heavy (non-hydrogen) atoms. The third kappa shape index (κ3) is 1.18. The molecule has 1 fully saturated rings. The van der Waals surface area contributed by atoms with Gasteiger partial charge in [0.05, 0.1) is 19.1 Å². The normalized spacial score (nSPS) is 21.6. The molecule has 0 aromatic carbocycles. The van der Waals surface area contributed by atoms with Crippen molar-refractivity contribution in [1.29, 1.82) is 0 Å². The summed E-state index contributed by atoms with van der Waals surface area (Å²) in [6, 6.07) is 0. The van der Waals surface area contributed by atoms with Gasteiger partial charge in [0.2, 0.25) is 5.24 Å². The summed E-state index contributed by atoms with van der Waals surface area (Å²) in [6.07, 6.45) is 0. The van der Waals surface area contributed by atoms with Crippen molar-refractivity contribution in [2.75, 3.05) is 13.2 Å². The van der Waals surface area contributed by atoms with Crippen LogP contribution in [0.3, 0.4) is 0 Å². The largest absolute Gasteiger partial charge is 0.281 e. The summed E-state index contributed by atoms with van der Waals surface area (Å²) in [6.45, 7) is 0.588. The zero-order valence-electron chi connectivity index (χ0n) is 4.09. The number of hydrogen-bond donors (Lipinski definition) is 0. The molecule has 1 saturated heterocycles. The predicted octanol–water partition coefficient (Wildman–Crippen LogP) is 0.330. The summed E-state index contributed by atoms with van der Waals surface area (Å²) >= 11 is 5.09. The summed E-state index contributed by atoms with van der Waals surface area (Å²) < 4.78 is 0. The Balaban J connectivity index is 2.35. The number of halogens is 1. The molecule has 0 amide bonds. The van der Waals surface area contributed by atoms with Crippen LogP contribution in [-0.2, 0) is 14.6 Å². The maximum absolute atomic E-state index is 10.3. The Morgan fingerprint density at radius 3 is 2.25 bits per heavy atom. The van der Waals surface area contributed by atoms with Gasteiger partial charge in [-0.1, -0.05) is 0 Å². The average Bonchev–Trinajstić information content (AvgIpc) is 2.12. The molecule has 3 nitrogen and oxygen atoms in total. The van der Waals surface area contributed by atoms with Crippen LogP contribution in [0.5, 0.6) is 0 Å². The average molecular weight is 137 g/mol. The summed E-state index contributed by atoms with van der Waals surface area (Å²) in [5.74, 6) is -0.253. The van der Waals surface area contributed by atoms with E-state index >= 15 is 0 Å². The van der Waals surface area contributed by atoms with Gasteiger partial charge in [-0.2, -0.15) is 0 Å². The fourth-order valence-electron chi connectivity index (χ4n) is 0.440. The second-order valence-electron chi connectivity index (χ2n) is 1.57. The van der Waals surface area contributed by atoms with E-state index in [1.807, 2.05) is 0 Å². The Kier molecular flexibility index (Phi) is 1.83. The molecule has 0 radical (unpaired) electrons. The van der Waals surface area contributed by atoms with Crippen molar-refractivity contribution in [1.82, 2.24) is 0 Å². The Morgan fingerprint density at radius 2 is 2.00 bits per heavy atom. The summed E-state index contributed by atoms with van der Waals surface area (Å²) in [4.78, 5) is 19.1. The first-order valence-corrected chi connectivity index (χ1v) is 2.62. The number of rotatable bonds is 1. The predicted molar refractivity (Wildman–Crippen MR) is 26.3 cm³/mol. The Morgan fingerprint density at radius 1 is 1.50 bits per heavy atom. The van der Waals surface area contributed by atoms with Gasteiger partial charge in [0, 0.05) is 0 Å². The quantitative estimate of drug-likeness (QED) is 0.385. The maximum atomic E-state index is 10.3. The first-order chi connectivity index (χ1) is 3.80. The van der Waals surface area contributed by atoms with Crippen molar-refractivity contribution in [3.63, 3.8) is 0 Å². The molecule has 0 bridgehead atoms. The molecule has 0 aliphatic carbocycles. The van der Waals surface area contributed by atoms with Crippen molar-refractivity contribution < 1.29 is 14.6 Å². The fraction of sp³-hybridized carbons (Fsp3) is 0.750. The smallest absolute Gasteiger partial charge is 0.229 e. The standard InChI is InChI=1S/C4H5ClO3/c5-4(6)3-1-7-8-2-3/h3H,1-2H2. The summed E-state index contributed by atoms with van der Waals surface area (Å²) in [7, 11) is 0. The third-order valence-corrected chi connectivity index (χ3v) is 1.25.